The Hall–Kier alpha value is -1.69. The van der Waals surface area contributed by atoms with Gasteiger partial charge in [-0.3, -0.25) is 0 Å². The molecule has 0 saturated heterocycles. The number of nitrogens with two attached hydrogens (primary N) is 1. The van der Waals surface area contributed by atoms with Gasteiger partial charge in [0, 0.05) is 6.07 Å². The van der Waals surface area contributed by atoms with Crippen LogP contribution in [0.25, 0.3) is 0 Å². The zero-order chi connectivity index (χ0) is 12.4. The van der Waals surface area contributed by atoms with E-state index in [4.69, 9.17) is 5.73 Å². The van der Waals surface area contributed by atoms with Crippen molar-refractivity contribution in [2.75, 3.05) is 11.1 Å². The minimum atomic E-state index is -0.699. The van der Waals surface area contributed by atoms with Crippen LogP contribution in [0.15, 0.2) is 34.8 Å². The van der Waals surface area contributed by atoms with Gasteiger partial charge in [0.05, 0.1) is 10.2 Å². The number of nitrogens with zero attached hydrogens (tertiary/aromatic N) is 1. The molecule has 0 aliphatic rings. The number of halogens is 3. The molecule has 3 N–H and O–H groups in total. The number of aromatic nitrogens is 1. The first-order valence-corrected chi connectivity index (χ1v) is 5.49. The van der Waals surface area contributed by atoms with Crippen LogP contribution < -0.4 is 11.1 Å². The number of rotatable bonds is 2. The molecule has 0 saturated carbocycles. The lowest BCUT2D eigenvalue weighted by Gasteiger charge is -2.08. The van der Waals surface area contributed by atoms with Crippen molar-refractivity contribution in [2.45, 2.75) is 0 Å². The summed E-state index contributed by atoms with van der Waals surface area (Å²) >= 11 is 2.98. The fraction of sp³-hybridized carbons (Fsp3) is 0. The van der Waals surface area contributed by atoms with Gasteiger partial charge in [0.2, 0.25) is 0 Å². The zero-order valence-electron chi connectivity index (χ0n) is 8.55. The summed E-state index contributed by atoms with van der Waals surface area (Å²) in [6.45, 7) is 0. The number of benzene rings is 1. The minimum absolute atomic E-state index is 0.122. The lowest BCUT2D eigenvalue weighted by molar-refractivity contribution is 0.581. The van der Waals surface area contributed by atoms with Gasteiger partial charge >= 0.3 is 0 Å². The van der Waals surface area contributed by atoms with Crippen molar-refractivity contribution >= 4 is 33.3 Å². The van der Waals surface area contributed by atoms with E-state index in [1.54, 1.807) is 18.2 Å². The second-order valence-corrected chi connectivity index (χ2v) is 4.17. The van der Waals surface area contributed by atoms with Crippen molar-refractivity contribution in [2.24, 2.45) is 0 Å². The second kappa shape index (κ2) is 4.67. The molecule has 0 bridgehead atoms. The van der Waals surface area contributed by atoms with E-state index in [0.29, 0.717) is 11.6 Å². The van der Waals surface area contributed by atoms with E-state index in [1.807, 2.05) is 0 Å². The van der Waals surface area contributed by atoms with Gasteiger partial charge in [-0.25, -0.2) is 13.8 Å². The molecule has 0 spiro atoms. The molecule has 3 nitrogen and oxygen atoms in total. The standard InChI is InChI=1S/C11H8BrF2N3/c12-6-4-9(8(14)5-7(6)13)16-11-3-1-2-10(15)17-11/h1-5H,(H3,15,16,17). The Morgan fingerprint density at radius 1 is 1.18 bits per heavy atom. The molecular weight excluding hydrogens is 292 g/mol. The predicted octanol–water partition coefficient (Wildman–Crippen LogP) is 3.45. The van der Waals surface area contributed by atoms with Gasteiger partial charge in [-0.15, -0.1) is 0 Å². The van der Waals surface area contributed by atoms with Crippen molar-refractivity contribution in [3.8, 4) is 0 Å². The second-order valence-electron chi connectivity index (χ2n) is 3.32. The third-order valence-electron chi connectivity index (χ3n) is 2.04. The maximum atomic E-state index is 13.4. The summed E-state index contributed by atoms with van der Waals surface area (Å²) in [6.07, 6.45) is 0. The Balaban J connectivity index is 2.33. The SMILES string of the molecule is Nc1cccc(Nc2cc(Br)c(F)cc2F)n1. The smallest absolute Gasteiger partial charge is 0.149 e. The van der Waals surface area contributed by atoms with E-state index in [9.17, 15) is 8.78 Å². The summed E-state index contributed by atoms with van der Waals surface area (Å²) in [6, 6.07) is 7.02. The van der Waals surface area contributed by atoms with E-state index in [-0.39, 0.29) is 10.2 Å². The van der Waals surface area contributed by atoms with Gasteiger partial charge in [0.15, 0.2) is 0 Å². The average molecular weight is 300 g/mol. The van der Waals surface area contributed by atoms with Crippen molar-refractivity contribution in [1.82, 2.24) is 4.98 Å². The minimum Gasteiger partial charge on any atom is -0.384 e. The molecule has 1 aromatic heterocycles. The first-order chi connectivity index (χ1) is 8.06. The van der Waals surface area contributed by atoms with Crippen LogP contribution in [-0.4, -0.2) is 4.98 Å². The van der Waals surface area contributed by atoms with E-state index in [1.165, 1.54) is 6.07 Å². The third-order valence-corrected chi connectivity index (χ3v) is 2.65. The molecule has 6 heteroatoms. The van der Waals surface area contributed by atoms with Crippen LogP contribution in [-0.2, 0) is 0 Å². The molecule has 0 fully saturated rings. The maximum absolute atomic E-state index is 13.4. The van der Waals surface area contributed by atoms with Crippen LogP contribution in [0, 0.1) is 11.6 Å². The Bertz CT molecular complexity index is 560. The molecule has 0 aliphatic carbocycles. The molecule has 0 radical (unpaired) electrons. The highest BCUT2D eigenvalue weighted by molar-refractivity contribution is 9.10. The largest absolute Gasteiger partial charge is 0.384 e. The first kappa shape index (κ1) is 11.8. The normalized spacial score (nSPS) is 10.3. The molecule has 17 heavy (non-hydrogen) atoms. The lowest BCUT2D eigenvalue weighted by atomic mass is 10.3. The van der Waals surface area contributed by atoms with Crippen molar-refractivity contribution in [3.63, 3.8) is 0 Å². The molecule has 1 heterocycles. The van der Waals surface area contributed by atoms with Gasteiger partial charge in [0.25, 0.3) is 0 Å². The summed E-state index contributed by atoms with van der Waals surface area (Å²) in [4.78, 5) is 3.95. The van der Waals surface area contributed by atoms with Gasteiger partial charge in [-0.1, -0.05) is 6.07 Å². The van der Waals surface area contributed by atoms with E-state index in [2.05, 4.69) is 26.2 Å². The number of pyridine rings is 1. The Kier molecular flexibility index (Phi) is 3.23. The van der Waals surface area contributed by atoms with Gasteiger partial charge in [-0.05, 0) is 34.1 Å². The Morgan fingerprint density at radius 3 is 2.65 bits per heavy atom. The summed E-state index contributed by atoms with van der Waals surface area (Å²) in [5.41, 5.74) is 5.61. The number of nitrogen functional groups attached to an aromatic ring is 1. The van der Waals surface area contributed by atoms with Crippen molar-refractivity contribution < 1.29 is 8.78 Å². The van der Waals surface area contributed by atoms with Crippen LogP contribution in [0.2, 0.25) is 0 Å². The Morgan fingerprint density at radius 2 is 1.94 bits per heavy atom. The van der Waals surface area contributed by atoms with Crippen LogP contribution in [0.3, 0.4) is 0 Å². The molecule has 0 unspecified atom stereocenters. The lowest BCUT2D eigenvalue weighted by Crippen LogP contribution is -1.99. The van der Waals surface area contributed by atoms with Crippen molar-refractivity contribution in [3.05, 3.63) is 46.4 Å². The quantitative estimate of drug-likeness (QED) is 0.835. The molecule has 1 aromatic carbocycles. The summed E-state index contributed by atoms with van der Waals surface area (Å²) in [7, 11) is 0. The first-order valence-electron chi connectivity index (χ1n) is 4.70. The number of anilines is 3. The molecule has 2 rings (SSSR count). The molecule has 0 aliphatic heterocycles. The summed E-state index contributed by atoms with van der Waals surface area (Å²) in [5.74, 6) is -0.650. The molecule has 2 aromatic rings. The molecule has 88 valence electrons. The van der Waals surface area contributed by atoms with Gasteiger partial charge in [-0.2, -0.15) is 0 Å². The number of nitrogens with one attached hydrogen (secondary N) is 1. The predicted molar refractivity (Wildman–Crippen MR) is 66.0 cm³/mol. The number of hydrogen-bond acceptors (Lipinski definition) is 3. The highest BCUT2D eigenvalue weighted by Gasteiger charge is 2.08. The maximum Gasteiger partial charge on any atom is 0.149 e. The van der Waals surface area contributed by atoms with Gasteiger partial charge in [0.1, 0.15) is 23.3 Å². The monoisotopic (exact) mass is 299 g/mol. The van der Waals surface area contributed by atoms with E-state index >= 15 is 0 Å². The van der Waals surface area contributed by atoms with Crippen LogP contribution in [0.5, 0.6) is 0 Å². The van der Waals surface area contributed by atoms with E-state index < -0.39 is 11.6 Å². The Labute approximate surface area is 105 Å². The van der Waals surface area contributed by atoms with E-state index in [0.717, 1.165) is 6.07 Å². The highest BCUT2D eigenvalue weighted by atomic mass is 79.9. The third kappa shape index (κ3) is 2.71. The zero-order valence-corrected chi connectivity index (χ0v) is 10.1. The van der Waals surface area contributed by atoms with Crippen LogP contribution in [0.1, 0.15) is 0 Å². The fourth-order valence-corrected chi connectivity index (χ4v) is 1.62. The number of hydrogen-bond donors (Lipinski definition) is 2. The summed E-state index contributed by atoms with van der Waals surface area (Å²) < 4.78 is 26.6. The van der Waals surface area contributed by atoms with Crippen LogP contribution in [0.4, 0.5) is 26.1 Å². The van der Waals surface area contributed by atoms with Crippen LogP contribution >= 0.6 is 15.9 Å². The molecule has 0 atom stereocenters. The fourth-order valence-electron chi connectivity index (χ4n) is 1.28. The highest BCUT2D eigenvalue weighted by Crippen LogP contribution is 2.25. The molecule has 0 amide bonds. The molecular formula is C11H8BrF2N3. The summed E-state index contributed by atoms with van der Waals surface area (Å²) in [5, 5.41) is 2.72. The van der Waals surface area contributed by atoms with Crippen molar-refractivity contribution in [1.29, 1.82) is 0 Å². The topological polar surface area (TPSA) is 50.9 Å². The van der Waals surface area contributed by atoms with Gasteiger partial charge < -0.3 is 11.1 Å². The average Bonchev–Trinajstić information content (AvgIpc) is 2.26.